The van der Waals surface area contributed by atoms with Gasteiger partial charge in [-0.05, 0) is 69.7 Å². The molecule has 0 aliphatic heterocycles. The van der Waals surface area contributed by atoms with E-state index in [2.05, 4.69) is 36.5 Å². The summed E-state index contributed by atoms with van der Waals surface area (Å²) in [4.78, 5) is 12.7. The van der Waals surface area contributed by atoms with Crippen molar-refractivity contribution in [1.29, 1.82) is 0 Å². The largest absolute Gasteiger partial charge is 0.493 e. The van der Waals surface area contributed by atoms with Gasteiger partial charge in [0.25, 0.3) is 0 Å². The van der Waals surface area contributed by atoms with Crippen molar-refractivity contribution >= 4 is 11.9 Å². The van der Waals surface area contributed by atoms with Crippen LogP contribution in [-0.2, 0) is 0 Å². The topological polar surface area (TPSA) is 58.3 Å². The maximum Gasteiger partial charge on any atom is 0.185 e. The molecule has 0 amide bonds. The first-order valence-electron chi connectivity index (χ1n) is 9.54. The van der Waals surface area contributed by atoms with Crippen LogP contribution in [0.3, 0.4) is 0 Å². The highest BCUT2D eigenvalue weighted by Gasteiger charge is 2.15. The fourth-order valence-corrected chi connectivity index (χ4v) is 3.44. The van der Waals surface area contributed by atoms with Crippen molar-refractivity contribution < 1.29 is 14.3 Å². The molecule has 0 atom stereocenters. The Bertz CT molecular complexity index is 1060. The molecule has 1 aromatic carbocycles. The fourth-order valence-electron chi connectivity index (χ4n) is 3.44. The van der Waals surface area contributed by atoms with Gasteiger partial charge in [-0.3, -0.25) is 4.79 Å². The number of nitrogens with zero attached hydrogens (tertiary/aromatic N) is 3. The Labute approximate surface area is 171 Å². The van der Waals surface area contributed by atoms with Gasteiger partial charge in [0.1, 0.15) is 5.82 Å². The minimum absolute atomic E-state index is 0.0945. The first kappa shape index (κ1) is 20.5. The van der Waals surface area contributed by atoms with Crippen molar-refractivity contribution in [1.82, 2.24) is 14.3 Å². The number of methoxy groups -OCH3 is 2. The number of ketones is 1. The molecular formula is C23H27N3O3. The molecule has 2 aromatic heterocycles. The molecule has 152 valence electrons. The van der Waals surface area contributed by atoms with Gasteiger partial charge in [-0.25, -0.2) is 4.68 Å². The molecule has 0 saturated carbocycles. The number of carbonyl (C=O) groups is 1. The molecule has 3 aromatic rings. The molecule has 2 heterocycles. The van der Waals surface area contributed by atoms with Gasteiger partial charge in [-0.1, -0.05) is 0 Å². The Morgan fingerprint density at radius 2 is 1.79 bits per heavy atom. The second kappa shape index (κ2) is 8.39. The van der Waals surface area contributed by atoms with Gasteiger partial charge in [0.15, 0.2) is 17.3 Å². The summed E-state index contributed by atoms with van der Waals surface area (Å²) in [6.45, 7) is 8.31. The smallest absolute Gasteiger partial charge is 0.185 e. The molecule has 0 saturated heterocycles. The summed E-state index contributed by atoms with van der Waals surface area (Å²) in [6.07, 6.45) is 5.26. The lowest BCUT2D eigenvalue weighted by Crippen LogP contribution is -2.11. The number of rotatable bonds is 7. The quantitative estimate of drug-likeness (QED) is 0.428. The monoisotopic (exact) mass is 393 g/mol. The molecule has 29 heavy (non-hydrogen) atoms. The predicted octanol–water partition coefficient (Wildman–Crippen LogP) is 4.78. The summed E-state index contributed by atoms with van der Waals surface area (Å²) in [5, 5.41) is 4.43. The Kier molecular flexibility index (Phi) is 5.92. The Hall–Kier alpha value is -3.28. The lowest BCUT2D eigenvalue weighted by molar-refractivity contribution is 0.104. The molecule has 0 aliphatic rings. The highest BCUT2D eigenvalue weighted by atomic mass is 16.5. The third kappa shape index (κ3) is 3.97. The van der Waals surface area contributed by atoms with Gasteiger partial charge >= 0.3 is 0 Å². The van der Waals surface area contributed by atoms with Crippen LogP contribution in [0.4, 0.5) is 0 Å². The summed E-state index contributed by atoms with van der Waals surface area (Å²) in [5.41, 5.74) is 3.68. The van der Waals surface area contributed by atoms with Crippen molar-refractivity contribution in [3.05, 3.63) is 65.1 Å². The average Bonchev–Trinajstić information content (AvgIpc) is 3.29. The van der Waals surface area contributed by atoms with E-state index in [4.69, 9.17) is 9.47 Å². The highest BCUT2D eigenvalue weighted by molar-refractivity contribution is 6.07. The molecule has 6 heteroatoms. The standard InChI is InChI=1S/C23H27N3O3/c1-15(2)26-23(11-12-24-26)25-16(3)13-18(17(25)4)7-9-20(27)19-8-10-21(28-5)22(14-19)29-6/h7-15H,1-6H3/b9-7+. The zero-order valence-corrected chi connectivity index (χ0v) is 17.8. The Balaban J connectivity index is 1.90. The number of hydrogen-bond acceptors (Lipinski definition) is 4. The van der Waals surface area contributed by atoms with E-state index in [-0.39, 0.29) is 11.8 Å². The number of aromatic nitrogens is 3. The zero-order chi connectivity index (χ0) is 21.1. The van der Waals surface area contributed by atoms with E-state index >= 15 is 0 Å². The number of carbonyl (C=O) groups excluding carboxylic acids is 1. The normalized spacial score (nSPS) is 11.4. The number of aryl methyl sites for hydroxylation is 1. The van der Waals surface area contributed by atoms with Crippen molar-refractivity contribution in [2.24, 2.45) is 0 Å². The minimum atomic E-state index is -0.0945. The van der Waals surface area contributed by atoms with E-state index < -0.39 is 0 Å². The van der Waals surface area contributed by atoms with Crippen LogP contribution >= 0.6 is 0 Å². The van der Waals surface area contributed by atoms with Crippen LogP contribution < -0.4 is 9.47 Å². The first-order valence-corrected chi connectivity index (χ1v) is 9.54. The lowest BCUT2D eigenvalue weighted by atomic mass is 10.1. The molecule has 0 fully saturated rings. The van der Waals surface area contributed by atoms with Gasteiger partial charge in [-0.2, -0.15) is 5.10 Å². The molecule has 3 rings (SSSR count). The van der Waals surface area contributed by atoms with E-state index in [9.17, 15) is 4.79 Å². The number of allylic oxidation sites excluding steroid dienone is 1. The van der Waals surface area contributed by atoms with Crippen LogP contribution in [0.2, 0.25) is 0 Å². The molecule has 0 N–H and O–H groups in total. The number of benzene rings is 1. The van der Waals surface area contributed by atoms with E-state index in [1.54, 1.807) is 38.5 Å². The van der Waals surface area contributed by atoms with Crippen molar-refractivity contribution in [3.8, 4) is 17.3 Å². The van der Waals surface area contributed by atoms with Crippen molar-refractivity contribution in [2.75, 3.05) is 14.2 Å². The van der Waals surface area contributed by atoms with Crippen LogP contribution in [0.15, 0.2) is 42.6 Å². The van der Waals surface area contributed by atoms with Crippen molar-refractivity contribution in [3.63, 3.8) is 0 Å². The maximum atomic E-state index is 12.7. The molecule has 0 radical (unpaired) electrons. The maximum absolute atomic E-state index is 12.7. The lowest BCUT2D eigenvalue weighted by Gasteiger charge is -2.15. The van der Waals surface area contributed by atoms with E-state index in [1.807, 2.05) is 29.9 Å². The minimum Gasteiger partial charge on any atom is -0.493 e. The second-order valence-corrected chi connectivity index (χ2v) is 7.16. The predicted molar refractivity (Wildman–Crippen MR) is 114 cm³/mol. The third-order valence-electron chi connectivity index (χ3n) is 4.92. The van der Waals surface area contributed by atoms with Gasteiger partial charge in [0, 0.05) is 29.1 Å². The molecule has 0 unspecified atom stereocenters. The summed E-state index contributed by atoms with van der Waals surface area (Å²) in [7, 11) is 3.12. The van der Waals surface area contributed by atoms with Gasteiger partial charge in [0.2, 0.25) is 0 Å². The highest BCUT2D eigenvalue weighted by Crippen LogP contribution is 2.28. The molecule has 0 spiro atoms. The summed E-state index contributed by atoms with van der Waals surface area (Å²) in [6, 6.07) is 9.49. The Morgan fingerprint density at radius 1 is 1.07 bits per heavy atom. The molecular weight excluding hydrogens is 366 g/mol. The van der Waals surface area contributed by atoms with E-state index in [0.29, 0.717) is 17.1 Å². The second-order valence-electron chi connectivity index (χ2n) is 7.16. The SMILES string of the molecule is COc1ccc(C(=O)/C=C/c2cc(C)n(-c3ccnn3C(C)C)c2C)cc1OC. The van der Waals surface area contributed by atoms with Crippen LogP contribution in [0.5, 0.6) is 11.5 Å². The van der Waals surface area contributed by atoms with Crippen LogP contribution in [0.25, 0.3) is 11.9 Å². The van der Waals surface area contributed by atoms with E-state index in [1.165, 1.54) is 0 Å². The zero-order valence-electron chi connectivity index (χ0n) is 17.8. The average molecular weight is 393 g/mol. The third-order valence-corrected chi connectivity index (χ3v) is 4.92. The summed E-state index contributed by atoms with van der Waals surface area (Å²) >= 11 is 0. The molecule has 6 nitrogen and oxygen atoms in total. The first-order chi connectivity index (χ1) is 13.9. The van der Waals surface area contributed by atoms with Crippen LogP contribution in [0.1, 0.15) is 47.2 Å². The van der Waals surface area contributed by atoms with Gasteiger partial charge < -0.3 is 14.0 Å². The summed E-state index contributed by atoms with van der Waals surface area (Å²) in [5.74, 6) is 2.05. The van der Waals surface area contributed by atoms with E-state index in [0.717, 1.165) is 22.8 Å². The van der Waals surface area contributed by atoms with Gasteiger partial charge in [-0.15, -0.1) is 0 Å². The van der Waals surface area contributed by atoms with Gasteiger partial charge in [0.05, 0.1) is 20.4 Å². The summed E-state index contributed by atoms with van der Waals surface area (Å²) < 4.78 is 14.7. The Morgan fingerprint density at radius 3 is 2.45 bits per heavy atom. The van der Waals surface area contributed by atoms with Crippen molar-refractivity contribution in [2.45, 2.75) is 33.7 Å². The molecule has 0 aliphatic carbocycles. The number of hydrogen-bond donors (Lipinski definition) is 0. The van der Waals surface area contributed by atoms with Crippen LogP contribution in [-0.4, -0.2) is 34.4 Å². The fraction of sp³-hybridized carbons (Fsp3) is 0.304. The molecule has 0 bridgehead atoms. The number of ether oxygens (including phenoxy) is 2. The van der Waals surface area contributed by atoms with Crippen LogP contribution in [0, 0.1) is 13.8 Å².